The van der Waals surface area contributed by atoms with Crippen LogP contribution in [0.2, 0.25) is 10.0 Å². The van der Waals surface area contributed by atoms with Crippen molar-refractivity contribution in [3.8, 4) is 5.69 Å². The Bertz CT molecular complexity index is 676. The van der Waals surface area contributed by atoms with Gasteiger partial charge < -0.3 is 0 Å². The lowest BCUT2D eigenvalue weighted by Crippen LogP contribution is -2.29. The van der Waals surface area contributed by atoms with Crippen molar-refractivity contribution in [2.24, 2.45) is 0 Å². The van der Waals surface area contributed by atoms with Crippen molar-refractivity contribution >= 4 is 23.2 Å². The van der Waals surface area contributed by atoms with E-state index in [-0.39, 0.29) is 15.7 Å². The minimum absolute atomic E-state index is 0.284. The highest BCUT2D eigenvalue weighted by Crippen LogP contribution is 2.12. The molecule has 0 aliphatic heterocycles. The number of aromatic amines is 1. The van der Waals surface area contributed by atoms with E-state index < -0.39 is 16.9 Å². The van der Waals surface area contributed by atoms with Crippen LogP contribution in [0.5, 0.6) is 0 Å². The van der Waals surface area contributed by atoms with E-state index in [4.69, 9.17) is 23.2 Å². The lowest BCUT2D eigenvalue weighted by molar-refractivity contribution is 0.626. The number of halogens is 3. The third-order valence-electron chi connectivity index (χ3n) is 2.08. The minimum Gasteiger partial charge on any atom is -0.266 e. The number of rotatable bonds is 1. The van der Waals surface area contributed by atoms with Crippen LogP contribution >= 0.6 is 23.2 Å². The molecule has 0 spiro atoms. The van der Waals surface area contributed by atoms with Crippen molar-refractivity contribution in [2.45, 2.75) is 0 Å². The zero-order valence-electron chi connectivity index (χ0n) is 8.21. The van der Waals surface area contributed by atoms with Gasteiger partial charge in [0.25, 0.3) is 11.1 Å². The quantitative estimate of drug-likeness (QED) is 0.865. The molecule has 2 aromatic rings. The van der Waals surface area contributed by atoms with Gasteiger partial charge in [-0.15, -0.1) is 0 Å². The van der Waals surface area contributed by atoms with Gasteiger partial charge in [0, 0.05) is 0 Å². The van der Waals surface area contributed by atoms with Gasteiger partial charge in [-0.1, -0.05) is 23.2 Å². The highest BCUT2D eigenvalue weighted by atomic mass is 35.5. The lowest BCUT2D eigenvalue weighted by atomic mass is 10.3. The molecule has 0 unspecified atom stereocenters. The molecule has 1 aromatic carbocycles. The Morgan fingerprint density at radius 1 is 1.06 bits per heavy atom. The van der Waals surface area contributed by atoms with Gasteiger partial charge in [0.1, 0.15) is 15.9 Å². The van der Waals surface area contributed by atoms with Crippen LogP contribution in [0, 0.1) is 5.82 Å². The summed E-state index contributed by atoms with van der Waals surface area (Å²) in [5, 5.41) is 1.49. The monoisotopic (exact) mass is 274 g/mol. The van der Waals surface area contributed by atoms with Crippen molar-refractivity contribution in [2.75, 3.05) is 0 Å². The molecule has 0 atom stereocenters. The molecule has 88 valence electrons. The van der Waals surface area contributed by atoms with Gasteiger partial charge in [0.05, 0.1) is 5.69 Å². The Labute approximate surface area is 104 Å². The van der Waals surface area contributed by atoms with Crippen LogP contribution in [0.25, 0.3) is 5.69 Å². The van der Waals surface area contributed by atoms with E-state index in [1.807, 2.05) is 0 Å². The summed E-state index contributed by atoms with van der Waals surface area (Å²) in [6.45, 7) is 0. The number of nitrogens with one attached hydrogen (secondary N) is 1. The standard InChI is InChI=1S/C10H5Cl2FN2O2/c11-7-8(12)10(17)15(14-9(7)16)6-3-1-5(13)2-4-6/h1-4H,(H,14,16). The number of nitrogens with zero attached hydrogens (tertiary/aromatic N) is 1. The van der Waals surface area contributed by atoms with Gasteiger partial charge in [0.2, 0.25) is 0 Å². The summed E-state index contributed by atoms with van der Waals surface area (Å²) in [6, 6.07) is 4.97. The van der Waals surface area contributed by atoms with Gasteiger partial charge in [-0.25, -0.2) is 9.07 Å². The Kier molecular flexibility index (Phi) is 3.04. The van der Waals surface area contributed by atoms with Crippen LogP contribution in [-0.4, -0.2) is 9.78 Å². The first-order valence-corrected chi connectivity index (χ1v) is 5.22. The predicted molar refractivity (Wildman–Crippen MR) is 62.6 cm³/mol. The van der Waals surface area contributed by atoms with Crippen molar-refractivity contribution in [1.29, 1.82) is 0 Å². The summed E-state index contributed by atoms with van der Waals surface area (Å²) >= 11 is 11.1. The highest BCUT2D eigenvalue weighted by molar-refractivity contribution is 6.41. The van der Waals surface area contributed by atoms with E-state index in [2.05, 4.69) is 5.10 Å². The summed E-state index contributed by atoms with van der Waals surface area (Å²) < 4.78 is 13.6. The smallest absolute Gasteiger partial charge is 0.266 e. The molecule has 7 heteroatoms. The van der Waals surface area contributed by atoms with Crippen LogP contribution in [-0.2, 0) is 0 Å². The second-order valence-electron chi connectivity index (χ2n) is 3.19. The molecular formula is C10H5Cl2FN2O2. The number of benzene rings is 1. The Hall–Kier alpha value is -1.59. The third kappa shape index (κ3) is 2.11. The number of H-pyrrole nitrogens is 1. The number of aromatic nitrogens is 2. The molecule has 1 N–H and O–H groups in total. The maximum absolute atomic E-state index is 12.7. The minimum atomic E-state index is -0.694. The van der Waals surface area contributed by atoms with Crippen LogP contribution in [0.3, 0.4) is 0 Å². The zero-order valence-corrected chi connectivity index (χ0v) is 9.72. The third-order valence-corrected chi connectivity index (χ3v) is 2.89. The van der Waals surface area contributed by atoms with E-state index in [1.165, 1.54) is 12.1 Å². The summed E-state index contributed by atoms with van der Waals surface area (Å²) in [4.78, 5) is 23.1. The van der Waals surface area contributed by atoms with Gasteiger partial charge in [-0.2, -0.15) is 0 Å². The van der Waals surface area contributed by atoms with E-state index >= 15 is 0 Å². The Morgan fingerprint density at radius 2 is 1.65 bits per heavy atom. The largest absolute Gasteiger partial charge is 0.290 e. The molecule has 1 aromatic heterocycles. The van der Waals surface area contributed by atoms with Crippen LogP contribution in [0.4, 0.5) is 4.39 Å². The fourth-order valence-corrected chi connectivity index (χ4v) is 1.56. The molecule has 0 saturated heterocycles. The molecule has 1 heterocycles. The summed E-state index contributed by atoms with van der Waals surface area (Å²) in [6.07, 6.45) is 0. The maximum atomic E-state index is 12.7. The highest BCUT2D eigenvalue weighted by Gasteiger charge is 2.11. The molecule has 0 bridgehead atoms. The summed E-state index contributed by atoms with van der Waals surface area (Å²) in [7, 11) is 0. The van der Waals surface area contributed by atoms with Crippen molar-refractivity contribution in [3.05, 3.63) is 60.8 Å². The number of hydrogen-bond donors (Lipinski definition) is 1. The first-order valence-electron chi connectivity index (χ1n) is 4.47. The zero-order chi connectivity index (χ0) is 12.6. The molecule has 0 fully saturated rings. The fraction of sp³-hybridized carbons (Fsp3) is 0. The van der Waals surface area contributed by atoms with E-state index in [9.17, 15) is 14.0 Å². The van der Waals surface area contributed by atoms with Gasteiger partial charge in [-0.3, -0.25) is 14.7 Å². The molecule has 0 aliphatic rings. The maximum Gasteiger partial charge on any atom is 0.290 e. The van der Waals surface area contributed by atoms with Crippen molar-refractivity contribution in [1.82, 2.24) is 9.78 Å². The van der Waals surface area contributed by atoms with E-state index in [0.717, 1.165) is 16.8 Å². The second-order valence-corrected chi connectivity index (χ2v) is 3.94. The van der Waals surface area contributed by atoms with Gasteiger partial charge in [0.15, 0.2) is 0 Å². The topological polar surface area (TPSA) is 54.9 Å². The van der Waals surface area contributed by atoms with E-state index in [0.29, 0.717) is 0 Å². The molecule has 0 amide bonds. The van der Waals surface area contributed by atoms with Crippen LogP contribution in [0.15, 0.2) is 33.9 Å². The average molecular weight is 275 g/mol. The number of hydrogen-bond acceptors (Lipinski definition) is 2. The first-order chi connectivity index (χ1) is 8.00. The van der Waals surface area contributed by atoms with Crippen LogP contribution < -0.4 is 11.1 Å². The molecule has 0 radical (unpaired) electrons. The lowest BCUT2D eigenvalue weighted by Gasteiger charge is -2.06. The fourth-order valence-electron chi connectivity index (χ4n) is 1.27. The summed E-state index contributed by atoms with van der Waals surface area (Å²) in [5.41, 5.74) is -1.09. The SMILES string of the molecule is O=c1[nH]n(-c2ccc(F)cc2)c(=O)c(Cl)c1Cl. The van der Waals surface area contributed by atoms with Gasteiger partial charge >= 0.3 is 0 Å². The Balaban J connectivity index is 2.73. The molecule has 2 rings (SSSR count). The molecular weight excluding hydrogens is 270 g/mol. The normalized spacial score (nSPS) is 10.5. The summed E-state index contributed by atoms with van der Waals surface area (Å²) in [5.74, 6) is -0.454. The molecule has 0 aliphatic carbocycles. The van der Waals surface area contributed by atoms with Crippen LogP contribution in [0.1, 0.15) is 0 Å². The average Bonchev–Trinajstić information content (AvgIpc) is 2.32. The Morgan fingerprint density at radius 3 is 2.24 bits per heavy atom. The molecule has 17 heavy (non-hydrogen) atoms. The van der Waals surface area contributed by atoms with Crippen molar-refractivity contribution in [3.63, 3.8) is 0 Å². The molecule has 0 saturated carbocycles. The first kappa shape index (κ1) is 11.9. The van der Waals surface area contributed by atoms with Crippen molar-refractivity contribution < 1.29 is 4.39 Å². The van der Waals surface area contributed by atoms with E-state index in [1.54, 1.807) is 0 Å². The predicted octanol–water partition coefficient (Wildman–Crippen LogP) is 1.97. The molecule has 4 nitrogen and oxygen atoms in total. The second kappa shape index (κ2) is 4.35. The van der Waals surface area contributed by atoms with Gasteiger partial charge in [-0.05, 0) is 24.3 Å².